The van der Waals surface area contributed by atoms with Crippen LogP contribution in [0, 0.1) is 27.7 Å². The molecule has 1 unspecified atom stereocenters. The Balaban J connectivity index is 1.79. The molecule has 0 amide bonds. The molecule has 1 heteroatoms. The number of aliphatic hydroxyl groups excluding tert-OH is 1. The highest BCUT2D eigenvalue weighted by molar-refractivity contribution is 6.09. The lowest BCUT2D eigenvalue weighted by Gasteiger charge is -2.30. The minimum absolute atomic E-state index is 0.857. The van der Waals surface area contributed by atoms with Gasteiger partial charge in [-0.2, -0.15) is 0 Å². The second kappa shape index (κ2) is 13.3. The molecule has 7 aromatic rings. The maximum absolute atomic E-state index is 12.8. The molecule has 7 rings (SSSR count). The fourth-order valence-electron chi connectivity index (χ4n) is 6.80. The van der Waals surface area contributed by atoms with Crippen molar-refractivity contribution >= 4 is 0 Å². The molecular weight excluding hydrogens is 581 g/mol. The standard InChI is InChI=1S/C47H40O/c1-31-15-23-36(24-16-31)41-42(37-25-17-32(2)18-26-37)44(35-11-7-5-8-12-35)46(47(48)40-13-9-6-10-14-40)45(39-29-21-34(4)22-30-39)43(41)38-27-19-33(3)20-28-38/h5-30,47-48H,1-4H3. The Bertz CT molecular complexity index is 2160. The van der Waals surface area contributed by atoms with Crippen LogP contribution in [0.25, 0.3) is 55.6 Å². The summed E-state index contributed by atoms with van der Waals surface area (Å²) in [5.41, 5.74) is 17.5. The predicted octanol–water partition coefficient (Wildman–Crippen LogP) is 12.3. The Morgan fingerprint density at radius 3 is 0.938 bits per heavy atom. The number of aryl methyl sites for hydroxylation is 4. The van der Waals surface area contributed by atoms with Crippen LogP contribution in [0.3, 0.4) is 0 Å². The van der Waals surface area contributed by atoms with Crippen molar-refractivity contribution < 1.29 is 5.11 Å². The summed E-state index contributed by atoms with van der Waals surface area (Å²) in [6, 6.07) is 56.1. The average molecular weight is 621 g/mol. The molecule has 0 aliphatic carbocycles. The third-order valence-electron chi connectivity index (χ3n) is 9.35. The molecule has 0 radical (unpaired) electrons. The summed E-state index contributed by atoms with van der Waals surface area (Å²) < 4.78 is 0. The molecule has 0 aromatic heterocycles. The lowest BCUT2D eigenvalue weighted by atomic mass is 9.73. The third kappa shape index (κ3) is 6.01. The molecule has 0 heterocycles. The molecular formula is C47H40O. The first-order valence-electron chi connectivity index (χ1n) is 16.7. The van der Waals surface area contributed by atoms with Gasteiger partial charge in [-0.3, -0.25) is 0 Å². The summed E-state index contributed by atoms with van der Waals surface area (Å²) in [6.45, 7) is 8.52. The summed E-state index contributed by atoms with van der Waals surface area (Å²) >= 11 is 0. The molecule has 0 bridgehead atoms. The number of hydrogen-bond acceptors (Lipinski definition) is 1. The molecule has 0 spiro atoms. The van der Waals surface area contributed by atoms with Gasteiger partial charge in [0.25, 0.3) is 0 Å². The van der Waals surface area contributed by atoms with E-state index in [-0.39, 0.29) is 0 Å². The molecule has 7 aromatic carbocycles. The first-order valence-corrected chi connectivity index (χ1v) is 16.7. The van der Waals surface area contributed by atoms with Crippen LogP contribution in [-0.2, 0) is 0 Å². The largest absolute Gasteiger partial charge is 0.384 e. The molecule has 0 saturated heterocycles. The minimum atomic E-state index is -0.891. The van der Waals surface area contributed by atoms with Crippen LogP contribution < -0.4 is 0 Å². The van der Waals surface area contributed by atoms with E-state index in [9.17, 15) is 5.11 Å². The fourth-order valence-corrected chi connectivity index (χ4v) is 6.80. The van der Waals surface area contributed by atoms with Gasteiger partial charge in [-0.15, -0.1) is 0 Å². The number of hydrogen-bond donors (Lipinski definition) is 1. The van der Waals surface area contributed by atoms with Crippen LogP contribution in [0.5, 0.6) is 0 Å². The summed E-state index contributed by atoms with van der Waals surface area (Å²) in [7, 11) is 0. The highest BCUT2D eigenvalue weighted by Crippen LogP contribution is 2.55. The van der Waals surface area contributed by atoms with Gasteiger partial charge in [0.15, 0.2) is 0 Å². The quantitative estimate of drug-likeness (QED) is 0.188. The first kappa shape index (κ1) is 31.1. The van der Waals surface area contributed by atoms with Crippen LogP contribution in [0.2, 0.25) is 0 Å². The van der Waals surface area contributed by atoms with Gasteiger partial charge < -0.3 is 5.11 Å². The molecule has 1 atom stereocenters. The highest BCUT2D eigenvalue weighted by Gasteiger charge is 2.31. The SMILES string of the molecule is Cc1ccc(-c2c(-c3ccc(C)cc3)c(-c3ccccc3)c(C(O)c3ccccc3)c(-c3ccc(C)cc3)c2-c2ccc(C)cc2)cc1. The molecule has 0 aliphatic heterocycles. The van der Waals surface area contributed by atoms with Gasteiger partial charge >= 0.3 is 0 Å². The van der Waals surface area contributed by atoms with Crippen LogP contribution in [0.1, 0.15) is 39.5 Å². The van der Waals surface area contributed by atoms with Gasteiger partial charge in [0.1, 0.15) is 6.10 Å². The summed E-state index contributed by atoms with van der Waals surface area (Å²) in [5.74, 6) is 0. The van der Waals surface area contributed by atoms with E-state index in [0.29, 0.717) is 0 Å². The Kier molecular flexibility index (Phi) is 8.63. The third-order valence-corrected chi connectivity index (χ3v) is 9.35. The van der Waals surface area contributed by atoms with E-state index >= 15 is 0 Å². The van der Waals surface area contributed by atoms with E-state index in [0.717, 1.165) is 66.8 Å². The number of benzene rings is 7. The van der Waals surface area contributed by atoms with Gasteiger partial charge in [0.2, 0.25) is 0 Å². The van der Waals surface area contributed by atoms with Crippen LogP contribution in [-0.4, -0.2) is 5.11 Å². The lowest BCUT2D eigenvalue weighted by molar-refractivity contribution is 0.221. The molecule has 0 saturated carbocycles. The van der Waals surface area contributed by atoms with E-state index < -0.39 is 6.10 Å². The van der Waals surface area contributed by atoms with Crippen molar-refractivity contribution in [2.45, 2.75) is 33.8 Å². The Morgan fingerprint density at radius 2 is 0.583 bits per heavy atom. The predicted molar refractivity (Wildman–Crippen MR) is 203 cm³/mol. The second-order valence-corrected chi connectivity index (χ2v) is 12.9. The number of aliphatic hydroxyl groups is 1. The van der Waals surface area contributed by atoms with Crippen molar-refractivity contribution in [3.8, 4) is 55.6 Å². The van der Waals surface area contributed by atoms with E-state index in [4.69, 9.17) is 0 Å². The molecule has 1 N–H and O–H groups in total. The first-order chi connectivity index (χ1) is 23.4. The lowest BCUT2D eigenvalue weighted by Crippen LogP contribution is -2.09. The van der Waals surface area contributed by atoms with E-state index in [2.05, 4.69) is 155 Å². The van der Waals surface area contributed by atoms with Crippen LogP contribution in [0.15, 0.2) is 158 Å². The zero-order chi connectivity index (χ0) is 33.2. The zero-order valence-corrected chi connectivity index (χ0v) is 28.0. The van der Waals surface area contributed by atoms with Gasteiger partial charge in [-0.25, -0.2) is 0 Å². The normalized spacial score (nSPS) is 11.8. The van der Waals surface area contributed by atoms with E-state index in [1.807, 2.05) is 30.3 Å². The fraction of sp³-hybridized carbons (Fsp3) is 0.106. The van der Waals surface area contributed by atoms with E-state index in [1.165, 1.54) is 22.3 Å². The molecule has 1 nitrogen and oxygen atoms in total. The molecule has 0 fully saturated rings. The van der Waals surface area contributed by atoms with Gasteiger partial charge in [-0.1, -0.05) is 180 Å². The van der Waals surface area contributed by atoms with Crippen molar-refractivity contribution in [2.75, 3.05) is 0 Å². The molecule has 234 valence electrons. The van der Waals surface area contributed by atoms with Crippen molar-refractivity contribution in [3.63, 3.8) is 0 Å². The van der Waals surface area contributed by atoms with E-state index in [1.54, 1.807) is 0 Å². The zero-order valence-electron chi connectivity index (χ0n) is 28.0. The van der Waals surface area contributed by atoms with Gasteiger partial charge in [0.05, 0.1) is 0 Å². The Labute approximate surface area is 284 Å². The van der Waals surface area contributed by atoms with Gasteiger partial charge in [-0.05, 0) is 88.9 Å². The maximum Gasteiger partial charge on any atom is 0.105 e. The average Bonchev–Trinajstić information content (AvgIpc) is 3.12. The topological polar surface area (TPSA) is 20.2 Å². The molecule has 48 heavy (non-hydrogen) atoms. The smallest absolute Gasteiger partial charge is 0.105 e. The van der Waals surface area contributed by atoms with Crippen LogP contribution >= 0.6 is 0 Å². The minimum Gasteiger partial charge on any atom is -0.384 e. The van der Waals surface area contributed by atoms with Crippen molar-refractivity contribution in [1.82, 2.24) is 0 Å². The highest BCUT2D eigenvalue weighted by atomic mass is 16.3. The summed E-state index contributed by atoms with van der Waals surface area (Å²) in [6.07, 6.45) is -0.891. The van der Waals surface area contributed by atoms with Gasteiger partial charge in [0, 0.05) is 5.56 Å². The van der Waals surface area contributed by atoms with Crippen molar-refractivity contribution in [3.05, 3.63) is 191 Å². The van der Waals surface area contributed by atoms with Crippen LogP contribution in [0.4, 0.5) is 0 Å². The van der Waals surface area contributed by atoms with Crippen molar-refractivity contribution in [2.24, 2.45) is 0 Å². The summed E-state index contributed by atoms with van der Waals surface area (Å²) in [5, 5.41) is 12.8. The molecule has 0 aliphatic rings. The maximum atomic E-state index is 12.8. The number of rotatable bonds is 7. The monoisotopic (exact) mass is 620 g/mol. The summed E-state index contributed by atoms with van der Waals surface area (Å²) in [4.78, 5) is 0. The Morgan fingerprint density at radius 1 is 0.312 bits per heavy atom. The Hall–Kier alpha value is -5.50. The van der Waals surface area contributed by atoms with Crippen molar-refractivity contribution in [1.29, 1.82) is 0 Å². The second-order valence-electron chi connectivity index (χ2n) is 12.9.